The van der Waals surface area contributed by atoms with Gasteiger partial charge >= 0.3 is 0 Å². The lowest BCUT2D eigenvalue weighted by molar-refractivity contribution is -0.135. The van der Waals surface area contributed by atoms with Gasteiger partial charge in [-0.2, -0.15) is 17.0 Å². The van der Waals surface area contributed by atoms with Crippen molar-refractivity contribution in [2.75, 3.05) is 45.6 Å². The van der Waals surface area contributed by atoms with Crippen molar-refractivity contribution >= 4 is 17.7 Å². The van der Waals surface area contributed by atoms with Gasteiger partial charge in [0.1, 0.15) is 0 Å². The Morgan fingerprint density at radius 3 is 2.78 bits per heavy atom. The van der Waals surface area contributed by atoms with E-state index in [2.05, 4.69) is 58.8 Å². The second kappa shape index (κ2) is 12.8. The number of likely N-dealkylation sites (N-methyl/N-ethyl adjacent to an activating group) is 1. The molecule has 0 aromatic heterocycles. The standard InChI is InChI=1S/C32H52N6O2S/c1-4-29(39)38-16-15-37(19-24(38)11-13-33)30-26-10-12-32(17-23-8-5-7-22(2)27(23)21-41-32)18-28(26)34-31(35-30)40-20-25-9-6-14-36(25)3/h4,22-28,30-31,34-35H,1,5-12,14-21H2,2-3H3/t22?,23?,24?,25?,26?,27?,28?,30?,31?,32-/m0/s1. The van der Waals surface area contributed by atoms with Crippen molar-refractivity contribution in [1.82, 2.24) is 25.3 Å². The number of nitriles is 1. The van der Waals surface area contributed by atoms with Crippen LogP contribution < -0.4 is 10.6 Å². The lowest BCUT2D eigenvalue weighted by Crippen LogP contribution is -2.73. The number of amides is 1. The Balaban J connectivity index is 1.18. The molecule has 228 valence electrons. The van der Waals surface area contributed by atoms with Crippen LogP contribution in [0.1, 0.15) is 71.1 Å². The van der Waals surface area contributed by atoms with Gasteiger partial charge in [0.2, 0.25) is 5.91 Å². The topological polar surface area (TPSA) is 83.9 Å². The monoisotopic (exact) mass is 584 g/mol. The molecule has 41 heavy (non-hydrogen) atoms. The molecule has 0 bridgehead atoms. The van der Waals surface area contributed by atoms with Gasteiger partial charge < -0.3 is 14.5 Å². The summed E-state index contributed by atoms with van der Waals surface area (Å²) < 4.78 is 7.00. The summed E-state index contributed by atoms with van der Waals surface area (Å²) in [6.45, 7) is 10.3. The van der Waals surface area contributed by atoms with Gasteiger partial charge in [-0.15, -0.1) is 0 Å². The summed E-state index contributed by atoms with van der Waals surface area (Å²) in [5.41, 5.74) is 0. The molecule has 9 heteroatoms. The van der Waals surface area contributed by atoms with Gasteiger partial charge in [-0.05, 0) is 81.7 Å². The van der Waals surface area contributed by atoms with Crippen molar-refractivity contribution < 1.29 is 9.53 Å². The summed E-state index contributed by atoms with van der Waals surface area (Å²) in [5, 5.41) is 17.4. The molecule has 0 aromatic carbocycles. The summed E-state index contributed by atoms with van der Waals surface area (Å²) in [6.07, 6.45) is 13.6. The number of piperazine rings is 1. The second-order valence-corrected chi connectivity index (χ2v) is 15.5. The Bertz CT molecular complexity index is 992. The molecule has 4 aliphatic heterocycles. The first-order valence-electron chi connectivity index (χ1n) is 16.4. The number of carbonyl (C=O) groups is 1. The van der Waals surface area contributed by atoms with Gasteiger partial charge in [-0.25, -0.2) is 0 Å². The van der Waals surface area contributed by atoms with Gasteiger partial charge in [0.15, 0.2) is 6.35 Å². The van der Waals surface area contributed by atoms with Gasteiger partial charge in [0.05, 0.1) is 31.3 Å². The zero-order valence-electron chi connectivity index (χ0n) is 25.3. The number of hydrogen-bond acceptors (Lipinski definition) is 8. The van der Waals surface area contributed by atoms with Crippen LogP contribution in [0.25, 0.3) is 0 Å². The minimum Gasteiger partial charge on any atom is -0.348 e. The van der Waals surface area contributed by atoms with E-state index < -0.39 is 0 Å². The lowest BCUT2D eigenvalue weighted by atomic mass is 9.66. The van der Waals surface area contributed by atoms with Crippen LogP contribution in [0.3, 0.4) is 0 Å². The highest BCUT2D eigenvalue weighted by molar-refractivity contribution is 8.00. The predicted molar refractivity (Wildman–Crippen MR) is 164 cm³/mol. The van der Waals surface area contributed by atoms with E-state index in [1.165, 1.54) is 69.6 Å². The summed E-state index contributed by atoms with van der Waals surface area (Å²) in [7, 11) is 2.21. The Kier molecular flexibility index (Phi) is 9.36. The lowest BCUT2D eigenvalue weighted by Gasteiger charge is -2.57. The smallest absolute Gasteiger partial charge is 0.246 e. The molecule has 2 N–H and O–H groups in total. The Labute approximate surface area is 251 Å². The number of nitrogens with zero attached hydrogens (tertiary/aromatic N) is 4. The quantitative estimate of drug-likeness (QED) is 0.459. The number of rotatable bonds is 6. The van der Waals surface area contributed by atoms with Gasteiger partial charge in [-0.1, -0.05) is 32.8 Å². The summed E-state index contributed by atoms with van der Waals surface area (Å²) in [6, 6.07) is 3.13. The third kappa shape index (κ3) is 6.25. The maximum absolute atomic E-state index is 12.6. The zero-order chi connectivity index (χ0) is 28.6. The van der Waals surface area contributed by atoms with Crippen molar-refractivity contribution in [3.05, 3.63) is 12.7 Å². The Morgan fingerprint density at radius 2 is 2.00 bits per heavy atom. The molecule has 4 heterocycles. The number of thioether (sulfide) groups is 1. The van der Waals surface area contributed by atoms with Crippen molar-refractivity contribution in [2.45, 2.75) is 107 Å². The van der Waals surface area contributed by atoms with E-state index in [1.54, 1.807) is 0 Å². The number of hydrogen-bond donors (Lipinski definition) is 2. The number of nitrogens with one attached hydrogen (secondary N) is 2. The SMILES string of the molecule is C=CC(=O)N1CCN(C2NC(OCC3CCCN3C)NC3C[C@]4(CCC32)CC2CCCC(C)C2CS4)CC1CC#N. The molecule has 2 saturated carbocycles. The second-order valence-electron chi connectivity index (χ2n) is 14.1. The molecule has 4 saturated heterocycles. The van der Waals surface area contributed by atoms with Gasteiger partial charge in [-0.3, -0.25) is 20.3 Å². The minimum atomic E-state index is -0.177. The number of fused-ring (bicyclic) bond motifs is 2. The van der Waals surface area contributed by atoms with Gasteiger partial charge in [0, 0.05) is 42.4 Å². The first-order valence-corrected chi connectivity index (χ1v) is 17.4. The molecule has 10 atom stereocenters. The number of likely N-dealkylation sites (tertiary alicyclic amines) is 1. The molecule has 1 amide bonds. The van der Waals surface area contributed by atoms with Crippen molar-refractivity contribution in [3.8, 4) is 6.07 Å². The van der Waals surface area contributed by atoms with Crippen LogP contribution in [0, 0.1) is 35.0 Å². The fourth-order valence-electron chi connectivity index (χ4n) is 9.33. The van der Waals surface area contributed by atoms with E-state index in [0.717, 1.165) is 37.5 Å². The summed E-state index contributed by atoms with van der Waals surface area (Å²) in [4.78, 5) is 19.4. The molecule has 6 fully saturated rings. The van der Waals surface area contributed by atoms with Crippen LogP contribution in [0.5, 0.6) is 0 Å². The van der Waals surface area contributed by atoms with Crippen LogP contribution in [0.4, 0.5) is 0 Å². The Morgan fingerprint density at radius 1 is 1.12 bits per heavy atom. The third-order valence-corrected chi connectivity index (χ3v) is 13.4. The van der Waals surface area contributed by atoms with E-state index in [9.17, 15) is 10.1 Å². The van der Waals surface area contributed by atoms with Crippen LogP contribution in [0.2, 0.25) is 0 Å². The van der Waals surface area contributed by atoms with Crippen LogP contribution in [-0.2, 0) is 9.53 Å². The molecule has 0 radical (unpaired) electrons. The average molecular weight is 585 g/mol. The maximum Gasteiger partial charge on any atom is 0.246 e. The van der Waals surface area contributed by atoms with E-state index in [4.69, 9.17) is 4.74 Å². The molecule has 9 unspecified atom stereocenters. The zero-order valence-corrected chi connectivity index (χ0v) is 26.1. The summed E-state index contributed by atoms with van der Waals surface area (Å²) >= 11 is 2.31. The van der Waals surface area contributed by atoms with E-state index >= 15 is 0 Å². The number of carbonyl (C=O) groups excluding carboxylic acids is 1. The predicted octanol–water partition coefficient (Wildman–Crippen LogP) is 3.61. The van der Waals surface area contributed by atoms with Crippen molar-refractivity contribution in [3.63, 3.8) is 0 Å². The third-order valence-electron chi connectivity index (χ3n) is 11.7. The van der Waals surface area contributed by atoms with Gasteiger partial charge in [0.25, 0.3) is 0 Å². The van der Waals surface area contributed by atoms with Crippen LogP contribution in [0.15, 0.2) is 12.7 Å². The van der Waals surface area contributed by atoms with E-state index in [1.807, 2.05) is 4.90 Å². The van der Waals surface area contributed by atoms with Crippen LogP contribution in [-0.4, -0.2) is 102 Å². The van der Waals surface area contributed by atoms with E-state index in [0.29, 0.717) is 42.3 Å². The van der Waals surface area contributed by atoms with Crippen molar-refractivity contribution in [1.29, 1.82) is 5.26 Å². The highest BCUT2D eigenvalue weighted by Gasteiger charge is 2.52. The molecular formula is C32H52N6O2S. The molecule has 6 aliphatic rings. The largest absolute Gasteiger partial charge is 0.348 e. The molecule has 0 aromatic rings. The molecule has 1 spiro atoms. The highest BCUT2D eigenvalue weighted by Crippen LogP contribution is 2.56. The molecule has 6 rings (SSSR count). The van der Waals surface area contributed by atoms with E-state index in [-0.39, 0.29) is 24.5 Å². The Hall–Kier alpha value is -1.15. The fourth-order valence-corrected chi connectivity index (χ4v) is 11.4. The van der Waals surface area contributed by atoms with Crippen LogP contribution >= 0.6 is 11.8 Å². The molecule has 2 aliphatic carbocycles. The normalized spacial score (nSPS) is 43.7. The minimum absolute atomic E-state index is 0.0628. The van der Waals surface area contributed by atoms with Crippen molar-refractivity contribution in [2.24, 2.45) is 23.7 Å². The molecule has 8 nitrogen and oxygen atoms in total. The first kappa shape index (κ1) is 29.9. The average Bonchev–Trinajstić information content (AvgIpc) is 3.39. The first-order chi connectivity index (χ1) is 19.9. The maximum atomic E-state index is 12.6. The number of ether oxygens (including phenoxy) is 1. The molecular weight excluding hydrogens is 532 g/mol. The highest BCUT2D eigenvalue weighted by atomic mass is 32.2. The fraction of sp³-hybridized carbons (Fsp3) is 0.875. The summed E-state index contributed by atoms with van der Waals surface area (Å²) in [5.74, 6) is 4.47.